The zero-order valence-electron chi connectivity index (χ0n) is 25.3. The number of likely N-dealkylation sites (N-methyl/N-ethyl adjacent to an activating group) is 1. The van der Waals surface area contributed by atoms with Gasteiger partial charge in [-0.1, -0.05) is 25.1 Å². The highest BCUT2D eigenvalue weighted by atomic mass is 16.5. The summed E-state index contributed by atoms with van der Waals surface area (Å²) in [6, 6.07) is 18.2. The van der Waals surface area contributed by atoms with Crippen LogP contribution < -0.4 is 33.4 Å². The number of benzene rings is 3. The van der Waals surface area contributed by atoms with E-state index in [1.165, 1.54) is 0 Å². The highest BCUT2D eigenvalue weighted by Crippen LogP contribution is 2.48. The van der Waals surface area contributed by atoms with E-state index in [9.17, 15) is 0 Å². The van der Waals surface area contributed by atoms with Gasteiger partial charge in [0.05, 0.1) is 60.1 Å². The number of anilines is 1. The summed E-state index contributed by atoms with van der Waals surface area (Å²) in [7, 11) is 9.77. The van der Waals surface area contributed by atoms with E-state index in [1.54, 1.807) is 42.7 Å². The van der Waals surface area contributed by atoms with Crippen molar-refractivity contribution < 1.29 is 28.4 Å². The molecule has 3 aromatic rings. The maximum Gasteiger partial charge on any atom is 0.203 e. The summed E-state index contributed by atoms with van der Waals surface area (Å²) in [6.45, 7) is 4.72. The van der Waals surface area contributed by atoms with Crippen molar-refractivity contribution in [2.45, 2.75) is 13.0 Å². The molecule has 2 heterocycles. The van der Waals surface area contributed by atoms with Crippen molar-refractivity contribution in [3.05, 3.63) is 71.3 Å². The van der Waals surface area contributed by atoms with E-state index in [0.29, 0.717) is 34.5 Å². The first-order valence-corrected chi connectivity index (χ1v) is 14.0. The number of fused-ring (bicyclic) bond motifs is 1. The van der Waals surface area contributed by atoms with Gasteiger partial charge < -0.3 is 28.4 Å². The normalized spacial score (nSPS) is 19.3. The number of hydrogen-bond acceptors (Lipinski definition) is 9. The summed E-state index contributed by atoms with van der Waals surface area (Å²) in [4.78, 5) is 2.45. The molecule has 0 aliphatic carbocycles. The van der Waals surface area contributed by atoms with Gasteiger partial charge in [-0.15, -0.1) is 0 Å². The van der Waals surface area contributed by atoms with Crippen LogP contribution in [0.4, 0.5) is 5.69 Å². The Balaban J connectivity index is 1.67. The monoisotopic (exact) mass is 573 g/mol. The Morgan fingerprint density at radius 3 is 1.81 bits per heavy atom. The fraction of sp³-hybridized carbons (Fsp3) is 0.364. The number of likely N-dealkylation sites (tertiary alicyclic amines) is 1. The van der Waals surface area contributed by atoms with Crippen molar-refractivity contribution in [2.24, 2.45) is 11.0 Å². The van der Waals surface area contributed by atoms with Gasteiger partial charge in [0.2, 0.25) is 11.5 Å². The average Bonchev–Trinajstić information content (AvgIpc) is 3.43. The molecule has 0 spiro atoms. The molecule has 1 fully saturated rings. The molecule has 0 aromatic heterocycles. The van der Waals surface area contributed by atoms with Crippen LogP contribution in [-0.2, 0) is 0 Å². The van der Waals surface area contributed by atoms with Crippen molar-refractivity contribution in [3.63, 3.8) is 0 Å². The first kappa shape index (κ1) is 29.1. The number of methoxy groups -OCH3 is 6. The highest BCUT2D eigenvalue weighted by Gasteiger charge is 2.44. The molecule has 9 heteroatoms. The minimum absolute atomic E-state index is 0.0787. The molecule has 1 saturated heterocycles. The molecule has 3 aromatic carbocycles. The summed E-state index contributed by atoms with van der Waals surface area (Å²) in [5, 5.41) is 7.44. The smallest absolute Gasteiger partial charge is 0.203 e. The van der Waals surface area contributed by atoms with Gasteiger partial charge in [-0.3, -0.25) is 9.91 Å². The summed E-state index contributed by atoms with van der Waals surface area (Å²) in [5.41, 5.74) is 5.17. The molecule has 2 atom stereocenters. The number of hydrazone groups is 1. The molecule has 222 valence electrons. The van der Waals surface area contributed by atoms with Crippen LogP contribution in [0.25, 0.3) is 6.08 Å². The van der Waals surface area contributed by atoms with Crippen molar-refractivity contribution in [2.75, 3.05) is 67.3 Å². The second-order valence-corrected chi connectivity index (χ2v) is 10.1. The van der Waals surface area contributed by atoms with Gasteiger partial charge >= 0.3 is 0 Å². The Morgan fingerprint density at radius 2 is 1.31 bits per heavy atom. The number of ether oxygens (including phenoxy) is 6. The van der Waals surface area contributed by atoms with Gasteiger partial charge in [-0.05, 0) is 65.7 Å². The van der Waals surface area contributed by atoms with Crippen LogP contribution in [0.2, 0.25) is 0 Å². The highest BCUT2D eigenvalue weighted by molar-refractivity contribution is 6.09. The molecule has 5 rings (SSSR count). The minimum Gasteiger partial charge on any atom is -0.493 e. The molecule has 2 aliphatic rings. The lowest BCUT2D eigenvalue weighted by molar-refractivity contribution is 0.264. The van der Waals surface area contributed by atoms with Gasteiger partial charge in [0.1, 0.15) is 0 Å². The number of para-hydroxylation sites is 1. The fourth-order valence-electron chi connectivity index (χ4n) is 5.92. The Kier molecular flexibility index (Phi) is 8.77. The molecule has 2 unspecified atom stereocenters. The van der Waals surface area contributed by atoms with E-state index in [-0.39, 0.29) is 12.0 Å². The SMILES string of the molecule is CCN1C/C(=C\c2cc(OC)c(OC)c(OC)c2)C2=NN(c3ccccc3)C(c3cc(OC)c(OC)c(OC)c3)C2C1. The van der Waals surface area contributed by atoms with E-state index in [2.05, 4.69) is 35.0 Å². The third-order valence-corrected chi connectivity index (χ3v) is 7.91. The standard InChI is InChI=1S/C33H39N3O6/c1-8-35-19-23(14-21-15-26(37-2)32(41-6)27(16-21)38-3)30-25(20-35)31(36(34-30)24-12-10-9-11-13-24)22-17-28(39-4)33(42-7)29(18-22)40-5/h9-18,25,31H,8,19-20H2,1-7H3/b23-14+. The summed E-state index contributed by atoms with van der Waals surface area (Å²) in [5.74, 6) is 3.66. The number of hydrogen-bond donors (Lipinski definition) is 0. The molecular formula is C33H39N3O6. The lowest BCUT2D eigenvalue weighted by atomic mass is 9.82. The molecule has 42 heavy (non-hydrogen) atoms. The van der Waals surface area contributed by atoms with Crippen LogP contribution in [0.15, 0.2) is 65.3 Å². The van der Waals surface area contributed by atoms with E-state index in [1.807, 2.05) is 42.5 Å². The maximum atomic E-state index is 5.74. The van der Waals surface area contributed by atoms with E-state index < -0.39 is 0 Å². The van der Waals surface area contributed by atoms with Crippen LogP contribution in [0.1, 0.15) is 24.1 Å². The van der Waals surface area contributed by atoms with Crippen molar-refractivity contribution in [1.82, 2.24) is 4.90 Å². The Morgan fingerprint density at radius 1 is 0.762 bits per heavy atom. The predicted octanol–water partition coefficient (Wildman–Crippen LogP) is 5.69. The van der Waals surface area contributed by atoms with Gasteiger partial charge in [0.15, 0.2) is 23.0 Å². The van der Waals surface area contributed by atoms with Crippen LogP contribution in [0.5, 0.6) is 34.5 Å². The molecular weight excluding hydrogens is 534 g/mol. The van der Waals surface area contributed by atoms with Gasteiger partial charge in [-0.2, -0.15) is 5.10 Å². The zero-order valence-corrected chi connectivity index (χ0v) is 25.3. The lowest BCUT2D eigenvalue weighted by Gasteiger charge is -2.36. The van der Waals surface area contributed by atoms with Crippen LogP contribution in [0.3, 0.4) is 0 Å². The summed E-state index contributed by atoms with van der Waals surface area (Å²) < 4.78 is 33.9. The van der Waals surface area contributed by atoms with Crippen molar-refractivity contribution >= 4 is 17.5 Å². The van der Waals surface area contributed by atoms with Gasteiger partial charge in [0.25, 0.3) is 0 Å². The third kappa shape index (κ3) is 5.32. The molecule has 9 nitrogen and oxygen atoms in total. The Bertz CT molecular complexity index is 1420. The van der Waals surface area contributed by atoms with Gasteiger partial charge in [0, 0.05) is 19.0 Å². The number of piperidine rings is 1. The molecule has 0 radical (unpaired) electrons. The Labute approximate surface area is 247 Å². The number of rotatable bonds is 10. The largest absolute Gasteiger partial charge is 0.493 e. The van der Waals surface area contributed by atoms with Gasteiger partial charge in [-0.25, -0.2) is 0 Å². The molecule has 0 amide bonds. The zero-order chi connectivity index (χ0) is 29.8. The van der Waals surface area contributed by atoms with Crippen LogP contribution in [0, 0.1) is 5.92 Å². The quantitative estimate of drug-likeness (QED) is 0.306. The Hall–Kier alpha value is -4.37. The predicted molar refractivity (Wildman–Crippen MR) is 165 cm³/mol. The van der Waals surface area contributed by atoms with E-state index in [4.69, 9.17) is 33.5 Å². The van der Waals surface area contributed by atoms with Crippen LogP contribution in [-0.4, -0.2) is 72.9 Å². The van der Waals surface area contributed by atoms with Crippen LogP contribution >= 0.6 is 0 Å². The molecule has 0 saturated carbocycles. The number of nitrogens with zero attached hydrogens (tertiary/aromatic N) is 3. The summed E-state index contributed by atoms with van der Waals surface area (Å²) >= 11 is 0. The summed E-state index contributed by atoms with van der Waals surface area (Å²) in [6.07, 6.45) is 2.18. The topological polar surface area (TPSA) is 74.2 Å². The first-order chi connectivity index (χ1) is 20.5. The van der Waals surface area contributed by atoms with Crippen molar-refractivity contribution in [1.29, 1.82) is 0 Å². The fourth-order valence-corrected chi connectivity index (χ4v) is 5.92. The molecule has 0 bridgehead atoms. The van der Waals surface area contributed by atoms with E-state index >= 15 is 0 Å². The third-order valence-electron chi connectivity index (χ3n) is 7.91. The lowest BCUT2D eigenvalue weighted by Crippen LogP contribution is -2.43. The molecule has 2 aliphatic heterocycles. The van der Waals surface area contributed by atoms with E-state index in [0.717, 1.165) is 47.7 Å². The average molecular weight is 574 g/mol. The second-order valence-electron chi connectivity index (χ2n) is 10.1. The van der Waals surface area contributed by atoms with Crippen molar-refractivity contribution in [3.8, 4) is 34.5 Å². The first-order valence-electron chi connectivity index (χ1n) is 14.0. The second kappa shape index (κ2) is 12.7. The molecule has 0 N–H and O–H groups in total. The maximum absolute atomic E-state index is 5.74. The minimum atomic E-state index is -0.103.